The van der Waals surface area contributed by atoms with Crippen LogP contribution in [0.1, 0.15) is 93.3 Å². The van der Waals surface area contributed by atoms with Gasteiger partial charge in [0.05, 0.1) is 10.5 Å². The molecular formula is C27H33NO4. The van der Waals surface area contributed by atoms with Crippen molar-refractivity contribution in [3.8, 4) is 5.75 Å². The number of non-ortho nitro benzene ring substituents is 1. The largest absolute Gasteiger partial charge is 0.423 e. The fourth-order valence-corrected chi connectivity index (χ4v) is 6.25. The van der Waals surface area contributed by atoms with E-state index in [2.05, 4.69) is 46.8 Å². The lowest BCUT2D eigenvalue weighted by molar-refractivity contribution is -0.384. The number of fused-ring (bicyclic) bond motifs is 3. The van der Waals surface area contributed by atoms with Crippen molar-refractivity contribution in [1.29, 1.82) is 0 Å². The molecule has 0 saturated heterocycles. The molecule has 0 bridgehead atoms. The van der Waals surface area contributed by atoms with E-state index in [1.54, 1.807) is 0 Å². The van der Waals surface area contributed by atoms with Crippen LogP contribution in [-0.4, -0.2) is 10.9 Å². The zero-order chi connectivity index (χ0) is 23.3. The third kappa shape index (κ3) is 3.82. The van der Waals surface area contributed by atoms with Crippen molar-refractivity contribution in [2.75, 3.05) is 0 Å². The van der Waals surface area contributed by atoms with Gasteiger partial charge in [0.1, 0.15) is 5.75 Å². The lowest BCUT2D eigenvalue weighted by Gasteiger charge is -2.54. The summed E-state index contributed by atoms with van der Waals surface area (Å²) in [5, 5.41) is 10.9. The quantitative estimate of drug-likeness (QED) is 0.225. The van der Waals surface area contributed by atoms with E-state index >= 15 is 0 Å². The number of rotatable bonds is 4. The second kappa shape index (κ2) is 8.02. The first-order valence-corrected chi connectivity index (χ1v) is 11.7. The van der Waals surface area contributed by atoms with Gasteiger partial charge in [-0.3, -0.25) is 10.1 Å². The number of hydrogen-bond acceptors (Lipinski definition) is 4. The van der Waals surface area contributed by atoms with E-state index in [0.29, 0.717) is 22.6 Å². The molecule has 0 N–H and O–H groups in total. The summed E-state index contributed by atoms with van der Waals surface area (Å²) in [6.07, 6.45) is 5.90. The minimum atomic E-state index is -0.483. The van der Waals surface area contributed by atoms with Crippen LogP contribution in [-0.2, 0) is 11.8 Å². The molecule has 2 aromatic carbocycles. The molecule has 0 spiro atoms. The Morgan fingerprint density at radius 3 is 2.44 bits per heavy atom. The molecule has 5 heteroatoms. The number of nitro groups is 1. The lowest BCUT2D eigenvalue weighted by atomic mass is 9.50. The normalized spacial score (nSPS) is 23.9. The van der Waals surface area contributed by atoms with Crippen LogP contribution in [0.15, 0.2) is 36.4 Å². The van der Waals surface area contributed by atoms with E-state index in [9.17, 15) is 14.9 Å². The Bertz CT molecular complexity index is 1050. The minimum absolute atomic E-state index is 0.0444. The second-order valence-electron chi connectivity index (χ2n) is 10.7. The molecule has 0 radical (unpaired) electrons. The number of aryl methyl sites for hydroxylation is 1. The topological polar surface area (TPSA) is 69.4 Å². The van der Waals surface area contributed by atoms with Crippen molar-refractivity contribution in [3.05, 3.63) is 68.8 Å². The van der Waals surface area contributed by atoms with Crippen molar-refractivity contribution in [2.24, 2.45) is 11.3 Å². The average molecular weight is 436 g/mol. The molecule has 0 aromatic heterocycles. The summed E-state index contributed by atoms with van der Waals surface area (Å²) >= 11 is 0. The van der Waals surface area contributed by atoms with E-state index < -0.39 is 10.9 Å². The van der Waals surface area contributed by atoms with E-state index in [1.165, 1.54) is 54.7 Å². The summed E-state index contributed by atoms with van der Waals surface area (Å²) in [5.74, 6) is 0.961. The minimum Gasteiger partial charge on any atom is -0.423 e. The van der Waals surface area contributed by atoms with Crippen LogP contribution in [0.25, 0.3) is 0 Å². The molecule has 0 amide bonds. The third-order valence-corrected chi connectivity index (χ3v) is 7.92. The van der Waals surface area contributed by atoms with Gasteiger partial charge in [0, 0.05) is 12.1 Å². The van der Waals surface area contributed by atoms with Gasteiger partial charge in [0.2, 0.25) is 0 Å². The Morgan fingerprint density at radius 2 is 1.81 bits per heavy atom. The van der Waals surface area contributed by atoms with Gasteiger partial charge in [-0.15, -0.1) is 0 Å². The summed E-state index contributed by atoms with van der Waals surface area (Å²) in [7, 11) is 0. The van der Waals surface area contributed by atoms with Gasteiger partial charge < -0.3 is 4.74 Å². The van der Waals surface area contributed by atoms with Gasteiger partial charge in [0.15, 0.2) is 0 Å². The maximum absolute atomic E-state index is 12.9. The molecule has 0 unspecified atom stereocenters. The molecule has 1 fully saturated rings. The lowest BCUT2D eigenvalue weighted by Crippen LogP contribution is -2.47. The first-order valence-electron chi connectivity index (χ1n) is 11.7. The van der Waals surface area contributed by atoms with Crippen LogP contribution in [0.2, 0.25) is 0 Å². The van der Waals surface area contributed by atoms with E-state index in [0.717, 1.165) is 18.4 Å². The van der Waals surface area contributed by atoms with Gasteiger partial charge >= 0.3 is 5.97 Å². The van der Waals surface area contributed by atoms with Crippen molar-refractivity contribution in [2.45, 2.75) is 78.1 Å². The van der Waals surface area contributed by atoms with Crippen LogP contribution in [0.5, 0.6) is 5.75 Å². The standard InChI is InChI=1S/C27H33NO4/c1-17(2)21-15-19-9-12-24-26(3,4)13-6-14-27(24,5)22(19)16-23(21)32-25(29)18-7-10-20(11-8-18)28(30)31/h7-8,10-11,15-17,24H,6,9,12-14H2,1-5H3/t24-,27+/m0/s1. The monoisotopic (exact) mass is 435 g/mol. The molecule has 0 aliphatic heterocycles. The number of hydrogen-bond donors (Lipinski definition) is 0. The smallest absolute Gasteiger partial charge is 0.343 e. The molecule has 2 atom stereocenters. The summed E-state index contributed by atoms with van der Waals surface area (Å²) in [6, 6.07) is 9.96. The van der Waals surface area contributed by atoms with Gasteiger partial charge in [-0.1, -0.05) is 47.1 Å². The summed E-state index contributed by atoms with van der Waals surface area (Å²) in [6.45, 7) is 11.4. The zero-order valence-electron chi connectivity index (χ0n) is 19.7. The van der Waals surface area contributed by atoms with Crippen molar-refractivity contribution < 1.29 is 14.5 Å². The summed E-state index contributed by atoms with van der Waals surface area (Å²) in [4.78, 5) is 23.3. The SMILES string of the molecule is CC(C)c1cc2c(cc1OC(=O)c1ccc([N+](=O)[O-])cc1)[C@@]1(C)CCCC(C)(C)[C@@H]1CC2. The summed E-state index contributed by atoms with van der Waals surface area (Å²) < 4.78 is 5.93. The number of carbonyl (C=O) groups is 1. The number of carbonyl (C=O) groups excluding carboxylic acids is 1. The number of nitrogens with zero attached hydrogens (tertiary/aromatic N) is 1. The Morgan fingerprint density at radius 1 is 1.12 bits per heavy atom. The van der Waals surface area contributed by atoms with Crippen LogP contribution >= 0.6 is 0 Å². The molecule has 170 valence electrons. The highest BCUT2D eigenvalue weighted by atomic mass is 16.6. The highest BCUT2D eigenvalue weighted by Crippen LogP contribution is 2.57. The first kappa shape index (κ1) is 22.5. The van der Waals surface area contributed by atoms with Crippen molar-refractivity contribution in [3.63, 3.8) is 0 Å². The molecule has 32 heavy (non-hydrogen) atoms. The van der Waals surface area contributed by atoms with E-state index in [4.69, 9.17) is 4.74 Å². The van der Waals surface area contributed by atoms with Gasteiger partial charge in [-0.25, -0.2) is 4.79 Å². The highest BCUT2D eigenvalue weighted by Gasteiger charge is 2.50. The molecule has 1 saturated carbocycles. The highest BCUT2D eigenvalue weighted by molar-refractivity contribution is 5.91. The van der Waals surface area contributed by atoms with Gasteiger partial charge in [0.25, 0.3) is 5.69 Å². The van der Waals surface area contributed by atoms with Crippen LogP contribution < -0.4 is 4.74 Å². The molecular weight excluding hydrogens is 402 g/mol. The van der Waals surface area contributed by atoms with E-state index in [-0.39, 0.29) is 17.0 Å². The Hall–Kier alpha value is -2.69. The van der Waals surface area contributed by atoms with Crippen molar-refractivity contribution >= 4 is 11.7 Å². The fourth-order valence-electron chi connectivity index (χ4n) is 6.25. The number of benzene rings is 2. The molecule has 2 aliphatic carbocycles. The van der Waals surface area contributed by atoms with Gasteiger partial charge in [-0.05, 0) is 83.2 Å². The maximum atomic E-state index is 12.9. The second-order valence-corrected chi connectivity index (χ2v) is 10.7. The predicted octanol–water partition coefficient (Wildman–Crippen LogP) is 6.97. The number of nitro benzene ring substituents is 1. The van der Waals surface area contributed by atoms with Crippen LogP contribution in [0.3, 0.4) is 0 Å². The average Bonchev–Trinajstić information content (AvgIpc) is 2.73. The van der Waals surface area contributed by atoms with Crippen LogP contribution in [0, 0.1) is 21.4 Å². The third-order valence-electron chi connectivity index (χ3n) is 7.92. The number of esters is 1. The number of ether oxygens (including phenoxy) is 1. The molecule has 4 rings (SSSR count). The fraction of sp³-hybridized carbons (Fsp3) is 0.519. The Balaban J connectivity index is 1.72. The Kier molecular flexibility index (Phi) is 5.64. The molecule has 0 heterocycles. The maximum Gasteiger partial charge on any atom is 0.343 e. The van der Waals surface area contributed by atoms with Gasteiger partial charge in [-0.2, -0.15) is 0 Å². The molecule has 2 aromatic rings. The first-order chi connectivity index (χ1) is 15.0. The van der Waals surface area contributed by atoms with Crippen molar-refractivity contribution in [1.82, 2.24) is 0 Å². The van der Waals surface area contributed by atoms with Crippen LogP contribution in [0.4, 0.5) is 5.69 Å². The van der Waals surface area contributed by atoms with E-state index in [1.807, 2.05) is 0 Å². The molecule has 5 nitrogen and oxygen atoms in total. The molecule has 2 aliphatic rings. The Labute approximate surface area is 190 Å². The predicted molar refractivity (Wildman–Crippen MR) is 125 cm³/mol. The zero-order valence-corrected chi connectivity index (χ0v) is 19.7. The summed E-state index contributed by atoms with van der Waals surface area (Å²) in [5.41, 5.74) is 4.41.